The molecule has 2 amide bonds. The highest BCUT2D eigenvalue weighted by molar-refractivity contribution is 7.19. The zero-order chi connectivity index (χ0) is 20.4. The molecular formula is C19H27N5O4S. The molecule has 0 spiro atoms. The Morgan fingerprint density at radius 1 is 1.07 bits per heavy atom. The van der Waals surface area contributed by atoms with Crippen LogP contribution < -0.4 is 9.80 Å². The highest BCUT2D eigenvalue weighted by Gasteiger charge is 2.38. The van der Waals surface area contributed by atoms with Crippen molar-refractivity contribution < 1.29 is 19.1 Å². The molecule has 1 atom stereocenters. The minimum atomic E-state index is -0.246. The monoisotopic (exact) mass is 421 g/mol. The zero-order valence-electron chi connectivity index (χ0n) is 16.7. The van der Waals surface area contributed by atoms with Gasteiger partial charge in [0.05, 0.1) is 12.5 Å². The van der Waals surface area contributed by atoms with Crippen molar-refractivity contribution in [3.63, 3.8) is 0 Å². The molecule has 0 saturated carbocycles. The fraction of sp³-hybridized carbons (Fsp3) is 0.737. The molecule has 0 aliphatic carbocycles. The van der Waals surface area contributed by atoms with Gasteiger partial charge in [-0.15, -0.1) is 10.2 Å². The molecule has 0 N–H and O–H groups in total. The molecule has 1 aromatic heterocycles. The number of rotatable bonds is 5. The van der Waals surface area contributed by atoms with Crippen LogP contribution in [0.25, 0.3) is 0 Å². The Hall–Kier alpha value is -2.23. The summed E-state index contributed by atoms with van der Waals surface area (Å²) in [6, 6.07) is -0.246. The van der Waals surface area contributed by atoms with Gasteiger partial charge in [0.1, 0.15) is 6.04 Å². The molecule has 3 saturated heterocycles. The van der Waals surface area contributed by atoms with Crippen LogP contribution in [0.2, 0.25) is 0 Å². The number of hydrogen-bond donors (Lipinski definition) is 0. The highest BCUT2D eigenvalue weighted by atomic mass is 32.1. The molecule has 10 heteroatoms. The molecule has 3 aliphatic heterocycles. The zero-order valence-corrected chi connectivity index (χ0v) is 17.5. The molecule has 3 fully saturated rings. The van der Waals surface area contributed by atoms with Gasteiger partial charge < -0.3 is 14.5 Å². The minimum Gasteiger partial charge on any atom is -0.466 e. The number of amides is 2. The lowest BCUT2D eigenvalue weighted by molar-refractivity contribution is -0.151. The molecule has 4 rings (SSSR count). The lowest BCUT2D eigenvalue weighted by Gasteiger charge is -2.34. The summed E-state index contributed by atoms with van der Waals surface area (Å²) in [5.74, 6) is -0.0765. The summed E-state index contributed by atoms with van der Waals surface area (Å²) in [7, 11) is 0. The minimum absolute atomic E-state index is 0.0891. The summed E-state index contributed by atoms with van der Waals surface area (Å²) in [5.41, 5.74) is 0. The van der Waals surface area contributed by atoms with E-state index >= 15 is 0 Å². The van der Waals surface area contributed by atoms with Crippen LogP contribution in [0, 0.1) is 5.92 Å². The average molecular weight is 422 g/mol. The van der Waals surface area contributed by atoms with Crippen molar-refractivity contribution in [2.75, 3.05) is 42.6 Å². The SMILES string of the molecule is CCOC(=O)C1CCN(C(=O)C2CCCN2c2nnc(N3CCCC3=O)s2)CC1. The van der Waals surface area contributed by atoms with Gasteiger partial charge in [-0.1, -0.05) is 11.3 Å². The Balaban J connectivity index is 1.39. The number of hydrogen-bond acceptors (Lipinski definition) is 8. The Morgan fingerprint density at radius 3 is 2.52 bits per heavy atom. The van der Waals surface area contributed by atoms with Gasteiger partial charge in [-0.25, -0.2) is 0 Å². The van der Waals surface area contributed by atoms with Crippen molar-refractivity contribution in [2.45, 2.75) is 51.5 Å². The molecule has 0 bridgehead atoms. The largest absolute Gasteiger partial charge is 0.466 e. The average Bonchev–Trinajstić information content (AvgIpc) is 3.47. The third-order valence-electron chi connectivity index (χ3n) is 5.92. The van der Waals surface area contributed by atoms with Crippen molar-refractivity contribution in [2.24, 2.45) is 5.92 Å². The Morgan fingerprint density at radius 2 is 1.83 bits per heavy atom. The van der Waals surface area contributed by atoms with Crippen molar-refractivity contribution in [1.29, 1.82) is 0 Å². The van der Waals surface area contributed by atoms with Crippen LogP contribution in [-0.4, -0.2) is 71.7 Å². The van der Waals surface area contributed by atoms with Crippen molar-refractivity contribution in [3.8, 4) is 0 Å². The predicted molar refractivity (Wildman–Crippen MR) is 108 cm³/mol. The number of esters is 1. The lowest BCUT2D eigenvalue weighted by Crippen LogP contribution is -2.49. The van der Waals surface area contributed by atoms with Gasteiger partial charge in [0.15, 0.2) is 0 Å². The quantitative estimate of drug-likeness (QED) is 0.664. The van der Waals surface area contributed by atoms with Crippen LogP contribution in [0.15, 0.2) is 0 Å². The van der Waals surface area contributed by atoms with Gasteiger partial charge >= 0.3 is 5.97 Å². The fourth-order valence-corrected chi connectivity index (χ4v) is 5.31. The van der Waals surface area contributed by atoms with E-state index in [9.17, 15) is 14.4 Å². The van der Waals surface area contributed by atoms with E-state index in [2.05, 4.69) is 10.2 Å². The van der Waals surface area contributed by atoms with Crippen molar-refractivity contribution in [3.05, 3.63) is 0 Å². The van der Waals surface area contributed by atoms with Gasteiger partial charge in [-0.2, -0.15) is 0 Å². The summed E-state index contributed by atoms with van der Waals surface area (Å²) in [4.78, 5) is 42.6. The summed E-state index contributed by atoms with van der Waals surface area (Å²) >= 11 is 1.39. The van der Waals surface area contributed by atoms with Crippen LogP contribution in [0.1, 0.15) is 45.4 Å². The second-order valence-corrected chi connectivity index (χ2v) is 8.65. The summed E-state index contributed by atoms with van der Waals surface area (Å²) in [5, 5.41) is 9.81. The molecule has 0 aromatic carbocycles. The standard InChI is InChI=1S/C19H27N5O4S/c1-2-28-17(27)13-7-11-22(12-8-13)16(26)14-5-3-9-23(14)18-20-21-19(29-18)24-10-4-6-15(24)25/h13-14H,2-12H2,1H3. The molecule has 0 radical (unpaired) electrons. The molecule has 4 heterocycles. The normalized spacial score (nSPS) is 23.1. The second kappa shape index (κ2) is 8.64. The summed E-state index contributed by atoms with van der Waals surface area (Å²) in [6.45, 7) is 4.81. The maximum Gasteiger partial charge on any atom is 0.309 e. The van der Waals surface area contributed by atoms with E-state index in [1.165, 1.54) is 11.3 Å². The van der Waals surface area contributed by atoms with E-state index < -0.39 is 0 Å². The number of piperidine rings is 1. The first kappa shape index (κ1) is 20.1. The van der Waals surface area contributed by atoms with Gasteiger partial charge in [-0.3, -0.25) is 19.3 Å². The number of carbonyl (C=O) groups is 3. The number of anilines is 2. The number of carbonyl (C=O) groups excluding carboxylic acids is 3. The van der Waals surface area contributed by atoms with E-state index in [1.807, 2.05) is 16.7 Å². The van der Waals surface area contributed by atoms with Crippen molar-refractivity contribution in [1.82, 2.24) is 15.1 Å². The molecule has 3 aliphatic rings. The van der Waals surface area contributed by atoms with Gasteiger partial charge in [0, 0.05) is 32.6 Å². The Labute approximate surface area is 174 Å². The Kier molecular flexibility index (Phi) is 5.98. The number of ether oxygens (including phenoxy) is 1. The van der Waals surface area contributed by atoms with Crippen LogP contribution in [0.5, 0.6) is 0 Å². The molecule has 29 heavy (non-hydrogen) atoms. The predicted octanol–water partition coefficient (Wildman–Crippen LogP) is 1.44. The topological polar surface area (TPSA) is 95.9 Å². The van der Waals surface area contributed by atoms with Crippen LogP contribution in [0.4, 0.5) is 10.3 Å². The van der Waals surface area contributed by atoms with Gasteiger partial charge in [0.25, 0.3) is 0 Å². The van der Waals surface area contributed by atoms with E-state index in [1.54, 1.807) is 4.90 Å². The number of aromatic nitrogens is 2. The summed E-state index contributed by atoms with van der Waals surface area (Å²) in [6.07, 6.45) is 4.41. The first-order valence-electron chi connectivity index (χ1n) is 10.4. The van der Waals surface area contributed by atoms with E-state index in [4.69, 9.17) is 4.74 Å². The van der Waals surface area contributed by atoms with Crippen LogP contribution in [-0.2, 0) is 19.1 Å². The van der Waals surface area contributed by atoms with E-state index in [-0.39, 0.29) is 29.7 Å². The van der Waals surface area contributed by atoms with Crippen LogP contribution >= 0.6 is 11.3 Å². The van der Waals surface area contributed by atoms with Crippen molar-refractivity contribution >= 4 is 39.4 Å². The molecule has 1 unspecified atom stereocenters. The smallest absolute Gasteiger partial charge is 0.309 e. The first-order chi connectivity index (χ1) is 14.1. The maximum atomic E-state index is 13.2. The van der Waals surface area contributed by atoms with Gasteiger partial charge in [0.2, 0.25) is 22.1 Å². The third-order valence-corrected chi connectivity index (χ3v) is 6.90. The number of likely N-dealkylation sites (tertiary alicyclic amines) is 1. The van der Waals surface area contributed by atoms with E-state index in [0.29, 0.717) is 55.8 Å². The molecular weight excluding hydrogens is 394 g/mol. The molecule has 1 aromatic rings. The lowest BCUT2D eigenvalue weighted by atomic mass is 9.96. The summed E-state index contributed by atoms with van der Waals surface area (Å²) < 4.78 is 5.11. The Bertz CT molecular complexity index is 776. The van der Waals surface area contributed by atoms with E-state index in [0.717, 1.165) is 25.8 Å². The van der Waals surface area contributed by atoms with Gasteiger partial charge in [-0.05, 0) is 39.0 Å². The fourth-order valence-electron chi connectivity index (χ4n) is 4.34. The van der Waals surface area contributed by atoms with Crippen LogP contribution in [0.3, 0.4) is 0 Å². The second-order valence-electron chi connectivity index (χ2n) is 7.72. The number of nitrogens with zero attached hydrogens (tertiary/aromatic N) is 5. The molecule has 158 valence electrons. The molecule has 9 nitrogen and oxygen atoms in total. The third kappa shape index (κ3) is 4.08. The highest BCUT2D eigenvalue weighted by Crippen LogP contribution is 2.34. The first-order valence-corrected chi connectivity index (χ1v) is 11.3. The maximum absolute atomic E-state index is 13.2.